The zero-order valence-corrected chi connectivity index (χ0v) is 8.33. The van der Waals surface area contributed by atoms with Crippen LogP contribution in [0.15, 0.2) is 12.1 Å². The molecule has 0 spiro atoms. The minimum atomic E-state index is -0.398. The number of benzene rings is 1. The normalized spacial score (nSPS) is 9.80. The SMILES string of the molecule is CC(=O)c1cc(C(C)=O)c(OF)cc1N. The van der Waals surface area contributed by atoms with E-state index < -0.39 is 5.78 Å². The van der Waals surface area contributed by atoms with Crippen molar-refractivity contribution in [1.82, 2.24) is 0 Å². The lowest BCUT2D eigenvalue weighted by atomic mass is 10.0. The van der Waals surface area contributed by atoms with Crippen molar-refractivity contribution in [3.63, 3.8) is 0 Å². The largest absolute Gasteiger partial charge is 0.398 e. The van der Waals surface area contributed by atoms with Gasteiger partial charge in [-0.05, 0) is 19.9 Å². The summed E-state index contributed by atoms with van der Waals surface area (Å²) in [4.78, 5) is 25.7. The van der Waals surface area contributed by atoms with Gasteiger partial charge >= 0.3 is 0 Å². The fourth-order valence-electron chi connectivity index (χ4n) is 1.24. The first-order valence-corrected chi connectivity index (χ1v) is 4.21. The quantitative estimate of drug-likeness (QED) is 0.612. The van der Waals surface area contributed by atoms with Crippen LogP contribution >= 0.6 is 0 Å². The van der Waals surface area contributed by atoms with E-state index in [2.05, 4.69) is 4.94 Å². The van der Waals surface area contributed by atoms with Crippen molar-refractivity contribution in [1.29, 1.82) is 0 Å². The van der Waals surface area contributed by atoms with Gasteiger partial charge in [0.2, 0.25) is 0 Å². The molecular weight excluding hydrogens is 201 g/mol. The molecule has 0 aliphatic heterocycles. The fraction of sp³-hybridized carbons (Fsp3) is 0.200. The van der Waals surface area contributed by atoms with Gasteiger partial charge < -0.3 is 5.73 Å². The van der Waals surface area contributed by atoms with Gasteiger partial charge in [0.25, 0.3) is 0 Å². The van der Waals surface area contributed by atoms with Gasteiger partial charge in [-0.3, -0.25) is 14.5 Å². The summed E-state index contributed by atoms with van der Waals surface area (Å²) in [6.07, 6.45) is 0. The molecule has 0 aliphatic rings. The highest BCUT2D eigenvalue weighted by Crippen LogP contribution is 2.26. The molecule has 0 saturated heterocycles. The molecule has 0 saturated carbocycles. The number of Topliss-reactive ketones (excluding diaryl/α,β-unsaturated/α-hetero) is 2. The molecular formula is C10H10FNO3. The first-order valence-electron chi connectivity index (χ1n) is 4.21. The molecule has 1 aromatic carbocycles. The number of carbonyl (C=O) groups is 2. The van der Waals surface area contributed by atoms with Crippen LogP contribution in [-0.2, 0) is 0 Å². The molecule has 1 aromatic rings. The topological polar surface area (TPSA) is 69.4 Å². The number of nitrogen functional groups attached to an aromatic ring is 1. The number of hydrogen-bond acceptors (Lipinski definition) is 4. The van der Waals surface area contributed by atoms with Crippen molar-refractivity contribution in [3.8, 4) is 5.75 Å². The second-order valence-corrected chi connectivity index (χ2v) is 3.13. The van der Waals surface area contributed by atoms with E-state index in [0.29, 0.717) is 0 Å². The Morgan fingerprint density at radius 3 is 2.13 bits per heavy atom. The van der Waals surface area contributed by atoms with Crippen LogP contribution in [0.3, 0.4) is 0 Å². The Balaban J connectivity index is 3.43. The van der Waals surface area contributed by atoms with E-state index in [9.17, 15) is 14.1 Å². The van der Waals surface area contributed by atoms with Crippen LogP contribution in [0.1, 0.15) is 34.6 Å². The summed E-state index contributed by atoms with van der Waals surface area (Å²) < 4.78 is 12.1. The summed E-state index contributed by atoms with van der Waals surface area (Å²) in [5.74, 6) is -0.962. The molecule has 0 unspecified atom stereocenters. The van der Waals surface area contributed by atoms with Crippen LogP contribution < -0.4 is 10.7 Å². The van der Waals surface area contributed by atoms with Crippen molar-refractivity contribution in [2.45, 2.75) is 13.8 Å². The van der Waals surface area contributed by atoms with Crippen LogP contribution in [0.2, 0.25) is 0 Å². The van der Waals surface area contributed by atoms with E-state index in [-0.39, 0.29) is 28.3 Å². The Morgan fingerprint density at radius 2 is 1.73 bits per heavy atom. The number of rotatable bonds is 3. The van der Waals surface area contributed by atoms with Gasteiger partial charge in [0, 0.05) is 21.8 Å². The number of carbonyl (C=O) groups excluding carboxylic acids is 2. The summed E-state index contributed by atoms with van der Waals surface area (Å²) >= 11 is 0. The molecule has 0 heterocycles. The van der Waals surface area contributed by atoms with Gasteiger partial charge in [0.15, 0.2) is 17.3 Å². The van der Waals surface area contributed by atoms with E-state index in [1.165, 1.54) is 19.9 Å². The molecule has 15 heavy (non-hydrogen) atoms. The Morgan fingerprint density at radius 1 is 1.20 bits per heavy atom. The van der Waals surface area contributed by atoms with Crippen LogP contribution in [0, 0.1) is 0 Å². The van der Waals surface area contributed by atoms with Crippen molar-refractivity contribution >= 4 is 17.3 Å². The van der Waals surface area contributed by atoms with Crippen LogP contribution in [0.5, 0.6) is 5.75 Å². The predicted octanol–water partition coefficient (Wildman–Crippen LogP) is 1.94. The number of anilines is 1. The van der Waals surface area contributed by atoms with Crippen LogP contribution in [0.4, 0.5) is 10.2 Å². The Labute approximate surface area is 85.7 Å². The first-order chi connectivity index (χ1) is 6.97. The monoisotopic (exact) mass is 211 g/mol. The second kappa shape index (κ2) is 4.08. The highest BCUT2D eigenvalue weighted by Gasteiger charge is 2.15. The standard InChI is InChI=1S/C10H10FNO3/c1-5(13)7-3-8(6(2)14)10(15-11)4-9(7)12/h3-4H,12H2,1-2H3. The zero-order chi connectivity index (χ0) is 11.6. The summed E-state index contributed by atoms with van der Waals surface area (Å²) in [6.45, 7) is 2.56. The number of hydrogen-bond donors (Lipinski definition) is 1. The summed E-state index contributed by atoms with van der Waals surface area (Å²) in [7, 11) is 0. The third-order valence-corrected chi connectivity index (χ3v) is 1.99. The van der Waals surface area contributed by atoms with E-state index in [1.807, 2.05) is 0 Å². The minimum absolute atomic E-state index is 0.00287. The van der Waals surface area contributed by atoms with Crippen molar-refractivity contribution in [2.75, 3.05) is 5.73 Å². The third kappa shape index (κ3) is 2.12. The maximum absolute atomic E-state index is 12.1. The van der Waals surface area contributed by atoms with Crippen molar-refractivity contribution in [3.05, 3.63) is 23.3 Å². The molecule has 0 fully saturated rings. The van der Waals surface area contributed by atoms with E-state index >= 15 is 0 Å². The molecule has 0 aromatic heterocycles. The maximum Gasteiger partial charge on any atom is 0.184 e. The fourth-order valence-corrected chi connectivity index (χ4v) is 1.24. The maximum atomic E-state index is 12.1. The second-order valence-electron chi connectivity index (χ2n) is 3.13. The predicted molar refractivity (Wildman–Crippen MR) is 52.6 cm³/mol. The molecule has 0 aliphatic carbocycles. The van der Waals surface area contributed by atoms with Crippen LogP contribution in [-0.4, -0.2) is 11.6 Å². The molecule has 0 amide bonds. The zero-order valence-electron chi connectivity index (χ0n) is 8.33. The molecule has 0 atom stereocenters. The number of nitrogens with two attached hydrogens (primary N) is 1. The Bertz CT molecular complexity index is 429. The average molecular weight is 211 g/mol. The lowest BCUT2D eigenvalue weighted by Crippen LogP contribution is -2.04. The molecule has 4 nitrogen and oxygen atoms in total. The molecule has 80 valence electrons. The van der Waals surface area contributed by atoms with Gasteiger partial charge in [-0.1, -0.05) is 0 Å². The molecule has 5 heteroatoms. The third-order valence-electron chi connectivity index (χ3n) is 1.99. The van der Waals surface area contributed by atoms with Crippen molar-refractivity contribution < 1.29 is 19.1 Å². The smallest absolute Gasteiger partial charge is 0.184 e. The Hall–Kier alpha value is -1.91. The number of halogens is 1. The molecule has 1 rings (SSSR count). The van der Waals surface area contributed by atoms with E-state index in [1.54, 1.807) is 0 Å². The van der Waals surface area contributed by atoms with E-state index in [4.69, 9.17) is 5.73 Å². The lowest BCUT2D eigenvalue weighted by molar-refractivity contribution is -0.00697. The highest BCUT2D eigenvalue weighted by atomic mass is 19.3. The lowest BCUT2D eigenvalue weighted by Gasteiger charge is -2.07. The molecule has 0 bridgehead atoms. The van der Waals surface area contributed by atoms with E-state index in [0.717, 1.165) is 6.07 Å². The summed E-state index contributed by atoms with van der Waals surface area (Å²) in [5.41, 5.74) is 5.75. The minimum Gasteiger partial charge on any atom is -0.398 e. The van der Waals surface area contributed by atoms with Crippen LogP contribution in [0.25, 0.3) is 0 Å². The van der Waals surface area contributed by atoms with Gasteiger partial charge in [0.1, 0.15) is 0 Å². The molecule has 0 radical (unpaired) electrons. The summed E-state index contributed by atoms with van der Waals surface area (Å²) in [6, 6.07) is 2.35. The van der Waals surface area contributed by atoms with Gasteiger partial charge in [0.05, 0.1) is 5.56 Å². The summed E-state index contributed by atoms with van der Waals surface area (Å²) in [5, 5.41) is 0. The molecule has 2 N–H and O–H groups in total. The average Bonchev–Trinajstić information content (AvgIpc) is 2.16. The van der Waals surface area contributed by atoms with Gasteiger partial charge in [-0.25, -0.2) is 0 Å². The number of ketones is 2. The first kappa shape index (κ1) is 11.2. The van der Waals surface area contributed by atoms with Gasteiger partial charge in [-0.2, -0.15) is 0 Å². The van der Waals surface area contributed by atoms with Crippen molar-refractivity contribution in [2.24, 2.45) is 0 Å². The highest BCUT2D eigenvalue weighted by molar-refractivity contribution is 6.04. The Kier molecular flexibility index (Phi) is 3.04. The van der Waals surface area contributed by atoms with Gasteiger partial charge in [-0.15, -0.1) is 0 Å².